The number of carbonyl (C=O) groups excluding carboxylic acids is 1. The largest absolute Gasteiger partial charge is 0.480 e. The molecule has 4 nitrogen and oxygen atoms in total. The van der Waals surface area contributed by atoms with Crippen LogP contribution >= 0.6 is 11.6 Å². The number of hydrogen-bond donors (Lipinski definition) is 1. The van der Waals surface area contributed by atoms with E-state index in [1.54, 1.807) is 12.1 Å². The first-order chi connectivity index (χ1) is 8.75. The maximum atomic E-state index is 12.0. The summed E-state index contributed by atoms with van der Waals surface area (Å²) in [5.74, 6) is -1.21. The lowest BCUT2D eigenvalue weighted by Crippen LogP contribution is -2.50. The lowest BCUT2D eigenvalue weighted by molar-refractivity contribution is -0.155. The molecule has 0 atom stereocenters. The van der Waals surface area contributed by atoms with Crippen molar-refractivity contribution in [3.8, 4) is 0 Å². The molecule has 0 aromatic heterocycles. The summed E-state index contributed by atoms with van der Waals surface area (Å²) in [6, 6.07) is 7.26. The van der Waals surface area contributed by atoms with Gasteiger partial charge in [0.05, 0.1) is 0 Å². The number of amides is 1. The number of carboxylic acid groups (broad SMARTS) is 1. The molecule has 1 aromatic rings. The summed E-state index contributed by atoms with van der Waals surface area (Å²) in [6.07, 6.45) is 0.838. The van der Waals surface area contributed by atoms with E-state index >= 15 is 0 Å². The summed E-state index contributed by atoms with van der Waals surface area (Å²) < 4.78 is 0. The first kappa shape index (κ1) is 15.5. The molecule has 1 rings (SSSR count). The predicted molar refractivity (Wildman–Crippen MR) is 74.3 cm³/mol. The number of carbonyl (C=O) groups is 2. The Bertz CT molecular complexity index is 468. The number of likely N-dealkylation sites (N-methyl/N-ethyl adjacent to an activating group) is 1. The molecule has 0 bridgehead atoms. The van der Waals surface area contributed by atoms with E-state index in [1.807, 2.05) is 12.1 Å². The molecule has 0 saturated heterocycles. The van der Waals surface area contributed by atoms with Crippen LogP contribution in [-0.2, 0) is 16.0 Å². The number of benzene rings is 1. The van der Waals surface area contributed by atoms with E-state index < -0.39 is 11.5 Å². The average Bonchev–Trinajstić information content (AvgIpc) is 2.36. The molecule has 0 aliphatic carbocycles. The van der Waals surface area contributed by atoms with Gasteiger partial charge in [-0.1, -0.05) is 23.7 Å². The minimum atomic E-state index is -1.20. The van der Waals surface area contributed by atoms with Crippen LogP contribution in [-0.4, -0.2) is 34.5 Å². The highest BCUT2D eigenvalue weighted by Crippen LogP contribution is 2.16. The number of hydrogen-bond acceptors (Lipinski definition) is 2. The van der Waals surface area contributed by atoms with Crippen molar-refractivity contribution in [2.75, 3.05) is 7.05 Å². The van der Waals surface area contributed by atoms with Crippen molar-refractivity contribution >= 4 is 23.5 Å². The van der Waals surface area contributed by atoms with E-state index in [4.69, 9.17) is 16.7 Å². The van der Waals surface area contributed by atoms with Gasteiger partial charge in [-0.2, -0.15) is 0 Å². The van der Waals surface area contributed by atoms with E-state index in [0.29, 0.717) is 11.4 Å². The van der Waals surface area contributed by atoms with Gasteiger partial charge in [0, 0.05) is 18.5 Å². The fraction of sp³-hybridized carbons (Fsp3) is 0.429. The minimum absolute atomic E-state index is 0.192. The van der Waals surface area contributed by atoms with Crippen LogP contribution < -0.4 is 0 Å². The average molecular weight is 284 g/mol. The zero-order valence-corrected chi connectivity index (χ0v) is 12.1. The number of halogens is 1. The van der Waals surface area contributed by atoms with E-state index in [2.05, 4.69) is 0 Å². The molecular weight excluding hydrogens is 266 g/mol. The van der Waals surface area contributed by atoms with Crippen LogP contribution in [0, 0.1) is 0 Å². The standard InChI is InChI=1S/C14H18ClNO3/c1-14(2,13(18)19)16(3)12(17)9-6-10-4-7-11(15)8-5-10/h4-5,7-8H,6,9H2,1-3H3,(H,18,19). The summed E-state index contributed by atoms with van der Waals surface area (Å²) in [5, 5.41) is 9.72. The van der Waals surface area contributed by atoms with Crippen LogP contribution in [0.5, 0.6) is 0 Å². The Balaban J connectivity index is 2.61. The van der Waals surface area contributed by atoms with Gasteiger partial charge in [-0.3, -0.25) is 4.79 Å². The van der Waals surface area contributed by atoms with Crippen molar-refractivity contribution < 1.29 is 14.7 Å². The van der Waals surface area contributed by atoms with Gasteiger partial charge in [0.25, 0.3) is 0 Å². The SMILES string of the molecule is CN(C(=O)CCc1ccc(Cl)cc1)C(C)(C)C(=O)O. The van der Waals surface area contributed by atoms with Gasteiger partial charge in [0.1, 0.15) is 5.54 Å². The van der Waals surface area contributed by atoms with Crippen molar-refractivity contribution in [1.29, 1.82) is 0 Å². The summed E-state index contributed by atoms with van der Waals surface area (Å²) in [5.41, 5.74) is -0.198. The maximum absolute atomic E-state index is 12.0. The highest BCUT2D eigenvalue weighted by Gasteiger charge is 2.34. The van der Waals surface area contributed by atoms with Gasteiger partial charge >= 0.3 is 5.97 Å². The highest BCUT2D eigenvalue weighted by molar-refractivity contribution is 6.30. The third kappa shape index (κ3) is 3.96. The van der Waals surface area contributed by atoms with E-state index in [-0.39, 0.29) is 12.3 Å². The Morgan fingerprint density at radius 3 is 2.26 bits per heavy atom. The number of carboxylic acids is 1. The molecule has 0 fully saturated rings. The topological polar surface area (TPSA) is 57.6 Å². The molecule has 0 unspecified atom stereocenters. The Kier molecular flexibility index (Phi) is 4.95. The van der Waals surface area contributed by atoms with Crippen LogP contribution in [0.3, 0.4) is 0 Å². The van der Waals surface area contributed by atoms with Crippen molar-refractivity contribution in [2.24, 2.45) is 0 Å². The monoisotopic (exact) mass is 283 g/mol. The van der Waals surface area contributed by atoms with Crippen LogP contribution in [0.15, 0.2) is 24.3 Å². The van der Waals surface area contributed by atoms with Crippen molar-refractivity contribution in [1.82, 2.24) is 4.90 Å². The van der Waals surface area contributed by atoms with Crippen LogP contribution in [0.1, 0.15) is 25.8 Å². The zero-order chi connectivity index (χ0) is 14.6. The van der Waals surface area contributed by atoms with Crippen LogP contribution in [0.25, 0.3) is 0 Å². The molecule has 0 spiro atoms. The number of rotatable bonds is 5. The molecule has 0 aliphatic rings. The van der Waals surface area contributed by atoms with Crippen molar-refractivity contribution in [3.63, 3.8) is 0 Å². The van der Waals surface area contributed by atoms with Crippen LogP contribution in [0.4, 0.5) is 0 Å². The molecule has 0 saturated carbocycles. The first-order valence-corrected chi connectivity index (χ1v) is 6.37. The number of aryl methyl sites for hydroxylation is 1. The van der Waals surface area contributed by atoms with E-state index in [9.17, 15) is 9.59 Å². The van der Waals surface area contributed by atoms with Gasteiger partial charge < -0.3 is 10.0 Å². The highest BCUT2D eigenvalue weighted by atomic mass is 35.5. The second-order valence-electron chi connectivity index (χ2n) is 4.94. The smallest absolute Gasteiger partial charge is 0.329 e. The molecule has 1 amide bonds. The Morgan fingerprint density at radius 1 is 1.26 bits per heavy atom. The van der Waals surface area contributed by atoms with Crippen molar-refractivity contribution in [2.45, 2.75) is 32.2 Å². The molecule has 5 heteroatoms. The maximum Gasteiger partial charge on any atom is 0.329 e. The molecule has 104 valence electrons. The predicted octanol–water partition coefficient (Wildman–Crippen LogP) is 2.59. The summed E-state index contributed by atoms with van der Waals surface area (Å²) >= 11 is 5.78. The lowest BCUT2D eigenvalue weighted by atomic mass is 10.0. The summed E-state index contributed by atoms with van der Waals surface area (Å²) in [7, 11) is 1.51. The Labute approximate surface area is 118 Å². The fourth-order valence-corrected chi connectivity index (χ4v) is 1.65. The van der Waals surface area contributed by atoms with E-state index in [1.165, 1.54) is 25.8 Å². The molecule has 0 aliphatic heterocycles. The Hall–Kier alpha value is -1.55. The Morgan fingerprint density at radius 2 is 1.79 bits per heavy atom. The molecule has 19 heavy (non-hydrogen) atoms. The molecule has 1 N–H and O–H groups in total. The van der Waals surface area contributed by atoms with Gasteiger partial charge in [-0.15, -0.1) is 0 Å². The third-order valence-electron chi connectivity index (χ3n) is 3.28. The lowest BCUT2D eigenvalue weighted by Gasteiger charge is -2.31. The fourth-order valence-electron chi connectivity index (χ4n) is 1.53. The quantitative estimate of drug-likeness (QED) is 0.904. The van der Waals surface area contributed by atoms with E-state index in [0.717, 1.165) is 5.56 Å². The minimum Gasteiger partial charge on any atom is -0.480 e. The van der Waals surface area contributed by atoms with Crippen molar-refractivity contribution in [3.05, 3.63) is 34.9 Å². The molecule has 0 heterocycles. The van der Waals surface area contributed by atoms with Gasteiger partial charge in [-0.25, -0.2) is 4.79 Å². The first-order valence-electron chi connectivity index (χ1n) is 5.99. The van der Waals surface area contributed by atoms with Crippen LogP contribution in [0.2, 0.25) is 5.02 Å². The van der Waals surface area contributed by atoms with Gasteiger partial charge in [0.2, 0.25) is 5.91 Å². The normalized spacial score (nSPS) is 11.2. The second-order valence-corrected chi connectivity index (χ2v) is 5.38. The summed E-state index contributed by atoms with van der Waals surface area (Å²) in [4.78, 5) is 24.3. The number of aliphatic carboxylic acids is 1. The molecular formula is C14H18ClNO3. The third-order valence-corrected chi connectivity index (χ3v) is 3.53. The molecule has 0 radical (unpaired) electrons. The number of nitrogens with zero attached hydrogens (tertiary/aromatic N) is 1. The second kappa shape index (κ2) is 6.06. The zero-order valence-electron chi connectivity index (χ0n) is 11.3. The van der Waals surface area contributed by atoms with Gasteiger partial charge in [-0.05, 0) is 38.0 Å². The molecule has 1 aromatic carbocycles. The summed E-state index contributed by atoms with van der Waals surface area (Å²) in [6.45, 7) is 3.02. The van der Waals surface area contributed by atoms with Gasteiger partial charge in [0.15, 0.2) is 0 Å².